The molecule has 0 aliphatic rings. The smallest absolute Gasteiger partial charge is 0.226 e. The van der Waals surface area contributed by atoms with Crippen LogP contribution in [0.1, 0.15) is 20.3 Å². The number of rotatable bonds is 9. The summed E-state index contributed by atoms with van der Waals surface area (Å²) in [5.74, 6) is -0.179. The van der Waals surface area contributed by atoms with Gasteiger partial charge in [-0.3, -0.25) is 14.7 Å². The first-order valence-corrected chi connectivity index (χ1v) is 6.50. The lowest BCUT2D eigenvalue weighted by Crippen LogP contribution is -2.29. The highest BCUT2D eigenvalue weighted by Crippen LogP contribution is 1.95. The third-order valence-electron chi connectivity index (χ3n) is 2.74. The van der Waals surface area contributed by atoms with E-state index >= 15 is 0 Å². The number of carbonyl (C=O) groups excluding carboxylic acids is 1. The van der Waals surface area contributed by atoms with Crippen molar-refractivity contribution >= 4 is 12.2 Å². The second-order valence-electron chi connectivity index (χ2n) is 4.43. The zero-order chi connectivity index (χ0) is 14.7. The molecule has 3 N–H and O–H groups in total. The number of aliphatic imine (C=N–C) groups is 1. The van der Waals surface area contributed by atoms with Crippen LogP contribution in [0.25, 0.3) is 0 Å². The van der Waals surface area contributed by atoms with E-state index in [0.717, 1.165) is 13.0 Å². The third-order valence-corrected chi connectivity index (χ3v) is 2.74. The van der Waals surface area contributed by atoms with E-state index in [1.54, 1.807) is 32.6 Å². The van der Waals surface area contributed by atoms with E-state index in [2.05, 4.69) is 15.6 Å². The van der Waals surface area contributed by atoms with E-state index in [-0.39, 0.29) is 11.8 Å². The molecule has 0 aromatic heterocycles. The van der Waals surface area contributed by atoms with Crippen LogP contribution >= 0.6 is 0 Å². The minimum Gasteiger partial charge on any atom is -0.379 e. The maximum Gasteiger partial charge on any atom is 0.226 e. The molecule has 0 heterocycles. The second-order valence-corrected chi connectivity index (χ2v) is 4.43. The van der Waals surface area contributed by atoms with Gasteiger partial charge in [-0.25, -0.2) is 0 Å². The molecule has 0 fully saturated rings. The quantitative estimate of drug-likeness (QED) is 0.241. The number of amides is 1. The number of nitrogens with zero attached hydrogens (tertiary/aromatic N) is 2. The van der Waals surface area contributed by atoms with Gasteiger partial charge in [-0.2, -0.15) is 0 Å². The SMILES string of the molecule is CNC(=O)C(C)/C=C\NC=NCCCN(C)C(C)O. The molecule has 0 radical (unpaired) electrons. The Balaban J connectivity index is 3.64. The van der Waals surface area contributed by atoms with Crippen molar-refractivity contribution in [3.05, 3.63) is 12.3 Å². The molecule has 1 amide bonds. The maximum absolute atomic E-state index is 11.2. The van der Waals surface area contributed by atoms with Gasteiger partial charge in [0.15, 0.2) is 0 Å². The zero-order valence-electron chi connectivity index (χ0n) is 12.3. The van der Waals surface area contributed by atoms with Crippen molar-refractivity contribution in [3.63, 3.8) is 0 Å². The molecule has 0 aliphatic carbocycles. The summed E-state index contributed by atoms with van der Waals surface area (Å²) in [4.78, 5) is 17.2. The Morgan fingerprint density at radius 1 is 1.47 bits per heavy atom. The summed E-state index contributed by atoms with van der Waals surface area (Å²) in [6.07, 6.45) is 5.54. The molecule has 0 saturated carbocycles. The summed E-state index contributed by atoms with van der Waals surface area (Å²) in [7, 11) is 3.49. The van der Waals surface area contributed by atoms with Crippen molar-refractivity contribution in [1.29, 1.82) is 0 Å². The Hall–Kier alpha value is -1.40. The summed E-state index contributed by atoms with van der Waals surface area (Å²) in [6.45, 7) is 5.06. The van der Waals surface area contributed by atoms with Crippen LogP contribution in [0, 0.1) is 5.92 Å². The summed E-state index contributed by atoms with van der Waals surface area (Å²) >= 11 is 0. The van der Waals surface area contributed by atoms with Gasteiger partial charge in [0.1, 0.15) is 6.23 Å². The molecular weight excluding hydrogens is 244 g/mol. The van der Waals surface area contributed by atoms with Gasteiger partial charge in [-0.05, 0) is 26.6 Å². The Labute approximate surface area is 115 Å². The number of carbonyl (C=O) groups is 1. The highest BCUT2D eigenvalue weighted by Gasteiger charge is 2.05. The van der Waals surface area contributed by atoms with Crippen LogP contribution in [0.2, 0.25) is 0 Å². The Kier molecular flexibility index (Phi) is 9.74. The van der Waals surface area contributed by atoms with Crippen LogP contribution in [0.4, 0.5) is 0 Å². The zero-order valence-corrected chi connectivity index (χ0v) is 12.3. The average molecular weight is 270 g/mol. The first-order chi connectivity index (χ1) is 8.99. The van der Waals surface area contributed by atoms with Gasteiger partial charge in [0.25, 0.3) is 0 Å². The Morgan fingerprint density at radius 2 is 2.16 bits per heavy atom. The van der Waals surface area contributed by atoms with E-state index in [1.165, 1.54) is 0 Å². The topological polar surface area (TPSA) is 77.0 Å². The predicted octanol–water partition coefficient (Wildman–Crippen LogP) is 0.160. The van der Waals surface area contributed by atoms with Crippen LogP contribution < -0.4 is 10.6 Å². The largest absolute Gasteiger partial charge is 0.379 e. The molecule has 0 aromatic carbocycles. The van der Waals surface area contributed by atoms with Gasteiger partial charge < -0.3 is 15.7 Å². The van der Waals surface area contributed by atoms with Gasteiger partial charge in [0.05, 0.1) is 12.3 Å². The van der Waals surface area contributed by atoms with Crippen molar-refractivity contribution in [2.75, 3.05) is 27.2 Å². The van der Waals surface area contributed by atoms with Gasteiger partial charge in [0.2, 0.25) is 5.91 Å². The lowest BCUT2D eigenvalue weighted by molar-refractivity contribution is -0.122. The summed E-state index contributed by atoms with van der Waals surface area (Å²) in [6, 6.07) is 0. The standard InChI is InChI=1S/C13H26N4O2/c1-11(13(19)14-3)6-8-16-10-15-7-5-9-17(4)12(2)18/h6,8,10-12,18H,5,7,9H2,1-4H3,(H,14,19)(H,15,16)/b8-6-. The van der Waals surface area contributed by atoms with E-state index in [1.807, 2.05) is 18.9 Å². The van der Waals surface area contributed by atoms with Crippen molar-refractivity contribution in [2.45, 2.75) is 26.5 Å². The molecule has 0 rings (SSSR count). The van der Waals surface area contributed by atoms with Crippen molar-refractivity contribution in [1.82, 2.24) is 15.5 Å². The van der Waals surface area contributed by atoms with Crippen LogP contribution in [-0.2, 0) is 4.79 Å². The summed E-state index contributed by atoms with van der Waals surface area (Å²) in [5, 5.41) is 14.7. The number of hydrogen-bond acceptors (Lipinski definition) is 4. The van der Waals surface area contributed by atoms with Crippen molar-refractivity contribution < 1.29 is 9.90 Å². The van der Waals surface area contributed by atoms with Crippen molar-refractivity contribution in [2.24, 2.45) is 10.9 Å². The number of aliphatic hydroxyl groups excluding tert-OH is 1. The second kappa shape index (κ2) is 10.5. The molecular formula is C13H26N4O2. The van der Waals surface area contributed by atoms with E-state index in [4.69, 9.17) is 0 Å². The number of aliphatic hydroxyl groups is 1. The fraction of sp³-hybridized carbons (Fsp3) is 0.692. The highest BCUT2D eigenvalue weighted by atomic mass is 16.3. The molecule has 110 valence electrons. The average Bonchev–Trinajstić information content (AvgIpc) is 2.39. The predicted molar refractivity (Wildman–Crippen MR) is 77.8 cm³/mol. The lowest BCUT2D eigenvalue weighted by atomic mass is 10.1. The molecule has 0 spiro atoms. The first-order valence-electron chi connectivity index (χ1n) is 6.50. The van der Waals surface area contributed by atoms with Gasteiger partial charge >= 0.3 is 0 Å². The van der Waals surface area contributed by atoms with Crippen LogP contribution in [0.3, 0.4) is 0 Å². The maximum atomic E-state index is 11.2. The fourth-order valence-corrected chi connectivity index (χ4v) is 1.27. The fourth-order valence-electron chi connectivity index (χ4n) is 1.27. The molecule has 2 unspecified atom stereocenters. The van der Waals surface area contributed by atoms with Gasteiger partial charge in [-0.1, -0.05) is 13.0 Å². The monoisotopic (exact) mass is 270 g/mol. The summed E-state index contributed by atoms with van der Waals surface area (Å²) in [5.41, 5.74) is 0. The van der Waals surface area contributed by atoms with Crippen LogP contribution in [0.15, 0.2) is 17.3 Å². The summed E-state index contributed by atoms with van der Waals surface area (Å²) < 4.78 is 0. The number of nitrogens with one attached hydrogen (secondary N) is 2. The third kappa shape index (κ3) is 9.21. The molecule has 19 heavy (non-hydrogen) atoms. The molecule has 2 atom stereocenters. The first kappa shape index (κ1) is 17.6. The molecule has 6 nitrogen and oxygen atoms in total. The Morgan fingerprint density at radius 3 is 2.74 bits per heavy atom. The minimum absolute atomic E-state index is 0.0175. The molecule has 6 heteroatoms. The minimum atomic E-state index is -0.420. The molecule has 0 aliphatic heterocycles. The molecule has 0 aromatic rings. The highest BCUT2D eigenvalue weighted by molar-refractivity contribution is 5.79. The van der Waals surface area contributed by atoms with E-state index < -0.39 is 6.23 Å². The van der Waals surface area contributed by atoms with Crippen LogP contribution in [0.5, 0.6) is 0 Å². The van der Waals surface area contributed by atoms with Gasteiger partial charge in [-0.15, -0.1) is 0 Å². The normalized spacial score (nSPS) is 15.1. The Bertz CT molecular complexity index is 303. The molecule has 0 bridgehead atoms. The van der Waals surface area contributed by atoms with Crippen molar-refractivity contribution in [3.8, 4) is 0 Å². The molecule has 0 saturated heterocycles. The number of hydrogen-bond donors (Lipinski definition) is 3. The lowest BCUT2D eigenvalue weighted by Gasteiger charge is -2.18. The van der Waals surface area contributed by atoms with E-state index in [0.29, 0.717) is 6.54 Å². The van der Waals surface area contributed by atoms with E-state index in [9.17, 15) is 9.90 Å². The van der Waals surface area contributed by atoms with Crippen LogP contribution in [-0.4, -0.2) is 55.7 Å². The van der Waals surface area contributed by atoms with Gasteiger partial charge in [0, 0.05) is 20.1 Å².